The maximum atomic E-state index is 12.4. The number of benzene rings is 1. The van der Waals surface area contributed by atoms with E-state index in [-0.39, 0.29) is 62.1 Å². The van der Waals surface area contributed by atoms with Crippen molar-refractivity contribution in [1.29, 1.82) is 0 Å². The molecule has 1 aromatic carbocycles. The number of hydrogen-bond donors (Lipinski definition) is 1. The van der Waals surface area contributed by atoms with Crippen LogP contribution in [0.15, 0.2) is 18.2 Å². The van der Waals surface area contributed by atoms with E-state index in [1.54, 1.807) is 6.07 Å². The van der Waals surface area contributed by atoms with E-state index in [4.69, 9.17) is 28.4 Å². The molecule has 40 heavy (non-hydrogen) atoms. The standard InChI is InChI=1S/C29H45NO10/c1-7-10-11-26(31)36-15-14-30-23(27(32)35-6)16-22-12-13-24(39-28(33)37-18-20(4)8-2)25(17-22)40-29(34)38-19-21(5)9-3/h12-13,17,20-21,23,30H,7-11,14-16,18-19H2,1-6H3/t20?,21?,23-/m0/s1. The van der Waals surface area contributed by atoms with Crippen LogP contribution in [0.4, 0.5) is 9.59 Å². The molecule has 11 nitrogen and oxygen atoms in total. The predicted octanol–water partition coefficient (Wildman–Crippen LogP) is 5.22. The predicted molar refractivity (Wildman–Crippen MR) is 147 cm³/mol. The highest BCUT2D eigenvalue weighted by molar-refractivity contribution is 5.76. The summed E-state index contributed by atoms with van der Waals surface area (Å²) in [4.78, 5) is 48.7. The fraction of sp³-hybridized carbons (Fsp3) is 0.655. The van der Waals surface area contributed by atoms with Gasteiger partial charge in [-0.1, -0.05) is 59.9 Å². The summed E-state index contributed by atoms with van der Waals surface area (Å²) in [7, 11) is 1.27. The van der Waals surface area contributed by atoms with Crippen LogP contribution < -0.4 is 14.8 Å². The Kier molecular flexibility index (Phi) is 17.1. The van der Waals surface area contributed by atoms with Gasteiger partial charge in [0.1, 0.15) is 12.6 Å². The number of methoxy groups -OCH3 is 1. The highest BCUT2D eigenvalue weighted by Gasteiger charge is 2.22. The number of esters is 2. The van der Waals surface area contributed by atoms with Crippen LogP contribution in [0.1, 0.15) is 72.3 Å². The fourth-order valence-corrected chi connectivity index (χ4v) is 3.15. The Morgan fingerprint density at radius 3 is 2.00 bits per heavy atom. The van der Waals surface area contributed by atoms with Crippen LogP contribution in [0.3, 0.4) is 0 Å². The van der Waals surface area contributed by atoms with E-state index < -0.39 is 24.3 Å². The van der Waals surface area contributed by atoms with Crippen LogP contribution in [-0.2, 0) is 35.0 Å². The van der Waals surface area contributed by atoms with Crippen molar-refractivity contribution in [3.8, 4) is 11.5 Å². The van der Waals surface area contributed by atoms with Gasteiger partial charge in [0.2, 0.25) is 0 Å². The van der Waals surface area contributed by atoms with Crippen LogP contribution in [-0.4, -0.2) is 63.8 Å². The third-order valence-corrected chi connectivity index (χ3v) is 6.18. The molecule has 2 unspecified atom stereocenters. The van der Waals surface area contributed by atoms with Gasteiger partial charge in [-0.25, -0.2) is 9.59 Å². The summed E-state index contributed by atoms with van der Waals surface area (Å²) in [5, 5.41) is 3.02. The molecule has 0 aliphatic heterocycles. The monoisotopic (exact) mass is 567 g/mol. The Hall–Kier alpha value is -3.34. The molecule has 1 aromatic rings. The van der Waals surface area contributed by atoms with Crippen molar-refractivity contribution >= 4 is 24.2 Å². The second kappa shape index (κ2) is 19.7. The molecule has 0 heterocycles. The minimum atomic E-state index is -0.956. The quantitative estimate of drug-likeness (QED) is 0.108. The van der Waals surface area contributed by atoms with Gasteiger partial charge < -0.3 is 33.7 Å². The molecule has 11 heteroatoms. The van der Waals surface area contributed by atoms with E-state index >= 15 is 0 Å². The summed E-state index contributed by atoms with van der Waals surface area (Å²) in [6.07, 6.45) is 1.89. The molecule has 0 spiro atoms. The van der Waals surface area contributed by atoms with E-state index in [1.165, 1.54) is 19.2 Å². The molecule has 0 amide bonds. The Morgan fingerprint density at radius 2 is 1.45 bits per heavy atom. The summed E-state index contributed by atoms with van der Waals surface area (Å²) in [5.74, 6) is -0.632. The van der Waals surface area contributed by atoms with Gasteiger partial charge in [-0.15, -0.1) is 0 Å². The molecule has 1 rings (SSSR count). The maximum absolute atomic E-state index is 12.4. The molecule has 0 saturated heterocycles. The number of hydrogen-bond acceptors (Lipinski definition) is 11. The normalized spacial score (nSPS) is 12.9. The first-order valence-electron chi connectivity index (χ1n) is 13.9. The molecular formula is C29H45NO10. The van der Waals surface area contributed by atoms with Crippen LogP contribution in [0, 0.1) is 11.8 Å². The van der Waals surface area contributed by atoms with Gasteiger partial charge in [0.15, 0.2) is 11.5 Å². The topological polar surface area (TPSA) is 136 Å². The number of nitrogens with one attached hydrogen (secondary N) is 1. The highest BCUT2D eigenvalue weighted by Crippen LogP contribution is 2.30. The third kappa shape index (κ3) is 14.2. The summed E-state index contributed by atoms with van der Waals surface area (Å²) >= 11 is 0. The lowest BCUT2D eigenvalue weighted by molar-refractivity contribution is -0.144. The smallest absolute Gasteiger partial charge is 0.468 e. The molecule has 0 aliphatic carbocycles. The first-order valence-corrected chi connectivity index (χ1v) is 13.9. The number of unbranched alkanes of at least 4 members (excludes halogenated alkanes) is 1. The van der Waals surface area contributed by atoms with Crippen LogP contribution in [0.25, 0.3) is 0 Å². The number of carbonyl (C=O) groups excluding carboxylic acids is 4. The summed E-state index contributed by atoms with van der Waals surface area (Å²) in [6.45, 7) is 10.5. The van der Waals surface area contributed by atoms with Crippen molar-refractivity contribution in [3.05, 3.63) is 23.8 Å². The van der Waals surface area contributed by atoms with Gasteiger partial charge in [-0.2, -0.15) is 0 Å². The van der Waals surface area contributed by atoms with Crippen molar-refractivity contribution in [3.63, 3.8) is 0 Å². The van der Waals surface area contributed by atoms with E-state index in [9.17, 15) is 19.2 Å². The zero-order valence-corrected chi connectivity index (χ0v) is 24.6. The Labute approximate surface area is 237 Å². The third-order valence-electron chi connectivity index (χ3n) is 6.18. The zero-order chi connectivity index (χ0) is 29.9. The van der Waals surface area contributed by atoms with Gasteiger partial charge in [0.25, 0.3) is 0 Å². The maximum Gasteiger partial charge on any atom is 0.513 e. The second-order valence-electron chi connectivity index (χ2n) is 9.69. The Morgan fingerprint density at radius 1 is 0.850 bits per heavy atom. The summed E-state index contributed by atoms with van der Waals surface area (Å²) in [5.41, 5.74) is 0.577. The van der Waals surface area contributed by atoms with Gasteiger partial charge >= 0.3 is 24.2 Å². The summed E-state index contributed by atoms with van der Waals surface area (Å²) < 4.78 is 31.1. The van der Waals surface area contributed by atoms with Gasteiger partial charge in [-0.3, -0.25) is 9.59 Å². The molecule has 0 saturated carbocycles. The minimum Gasteiger partial charge on any atom is -0.468 e. The molecule has 0 bridgehead atoms. The molecule has 0 radical (unpaired) electrons. The molecule has 1 N–H and O–H groups in total. The molecule has 3 atom stereocenters. The van der Waals surface area contributed by atoms with E-state index in [2.05, 4.69) is 5.32 Å². The lowest BCUT2D eigenvalue weighted by Gasteiger charge is -2.18. The SMILES string of the molecule is CCCCC(=O)OCCN[C@@H](Cc1ccc(OC(=O)OCC(C)CC)c(OC(=O)OCC(C)CC)c1)C(=O)OC. The number of ether oxygens (including phenoxy) is 6. The molecular weight excluding hydrogens is 522 g/mol. The molecule has 0 aliphatic rings. The molecule has 0 aromatic heterocycles. The van der Waals surface area contributed by atoms with Crippen molar-refractivity contribution in [2.24, 2.45) is 11.8 Å². The highest BCUT2D eigenvalue weighted by atomic mass is 16.7. The van der Waals surface area contributed by atoms with Crippen molar-refractivity contribution < 1.29 is 47.6 Å². The van der Waals surface area contributed by atoms with Gasteiger partial charge in [-0.05, 0) is 42.4 Å². The lowest BCUT2D eigenvalue weighted by Crippen LogP contribution is -2.41. The number of rotatable bonds is 18. The first kappa shape index (κ1) is 34.7. The van der Waals surface area contributed by atoms with E-state index in [0.29, 0.717) is 12.0 Å². The first-order chi connectivity index (χ1) is 19.1. The summed E-state index contributed by atoms with van der Waals surface area (Å²) in [6, 6.07) is 3.76. The van der Waals surface area contributed by atoms with Crippen molar-refractivity contribution in [2.45, 2.75) is 79.2 Å². The van der Waals surface area contributed by atoms with Crippen molar-refractivity contribution in [2.75, 3.05) is 33.5 Å². The van der Waals surface area contributed by atoms with Crippen LogP contribution >= 0.6 is 0 Å². The van der Waals surface area contributed by atoms with Crippen LogP contribution in [0.2, 0.25) is 0 Å². The van der Waals surface area contributed by atoms with Gasteiger partial charge in [0, 0.05) is 13.0 Å². The average Bonchev–Trinajstić information content (AvgIpc) is 2.95. The Balaban J connectivity index is 2.99. The molecule has 0 fully saturated rings. The van der Waals surface area contributed by atoms with Crippen LogP contribution in [0.5, 0.6) is 11.5 Å². The Bertz CT molecular complexity index is 935. The van der Waals surface area contributed by atoms with Crippen molar-refractivity contribution in [1.82, 2.24) is 5.32 Å². The fourth-order valence-electron chi connectivity index (χ4n) is 3.15. The number of carbonyl (C=O) groups is 4. The minimum absolute atomic E-state index is 0.0417. The lowest BCUT2D eigenvalue weighted by atomic mass is 10.1. The molecule has 226 valence electrons. The van der Waals surface area contributed by atoms with E-state index in [0.717, 1.165) is 25.7 Å². The van der Waals surface area contributed by atoms with E-state index in [1.807, 2.05) is 34.6 Å². The zero-order valence-electron chi connectivity index (χ0n) is 24.6. The second-order valence-corrected chi connectivity index (χ2v) is 9.69. The van der Waals surface area contributed by atoms with Gasteiger partial charge in [0.05, 0.1) is 20.3 Å². The average molecular weight is 568 g/mol. The largest absolute Gasteiger partial charge is 0.513 e.